The first kappa shape index (κ1) is 17.7. The highest BCUT2D eigenvalue weighted by atomic mass is 35.5. The van der Waals surface area contributed by atoms with E-state index in [0.717, 1.165) is 15.2 Å². The smallest absolute Gasteiger partial charge is 0.250 e. The number of fused-ring (bicyclic) bond motifs is 2. The number of anilines is 2. The fourth-order valence-corrected chi connectivity index (χ4v) is 4.40. The van der Waals surface area contributed by atoms with Crippen LogP contribution < -0.4 is 10.6 Å². The first-order chi connectivity index (χ1) is 13.0. The van der Waals surface area contributed by atoms with Gasteiger partial charge in [0.25, 0.3) is 0 Å². The van der Waals surface area contributed by atoms with Crippen molar-refractivity contribution >= 4 is 78.2 Å². The number of carbonyl (C=O) groups excluding carboxylic acids is 2. The molecule has 0 spiro atoms. The van der Waals surface area contributed by atoms with Gasteiger partial charge in [0.15, 0.2) is 15.2 Å². The fraction of sp³-hybridized carbons (Fsp3) is 0.0588. The molecule has 27 heavy (non-hydrogen) atoms. The van der Waals surface area contributed by atoms with E-state index in [1.54, 1.807) is 18.2 Å². The van der Waals surface area contributed by atoms with Crippen molar-refractivity contribution < 1.29 is 9.59 Å². The number of halogens is 1. The van der Waals surface area contributed by atoms with E-state index in [9.17, 15) is 9.59 Å². The molecule has 10 heteroatoms. The maximum Gasteiger partial charge on any atom is 0.250 e. The molecule has 0 aliphatic carbocycles. The third-order valence-electron chi connectivity index (χ3n) is 3.59. The number of thiazole rings is 2. The summed E-state index contributed by atoms with van der Waals surface area (Å²) in [4.78, 5) is 32.7. The Bertz CT molecular complexity index is 1210. The van der Waals surface area contributed by atoms with Gasteiger partial charge in [-0.2, -0.15) is 0 Å². The number of benzene rings is 1. The van der Waals surface area contributed by atoms with Crippen molar-refractivity contribution in [1.29, 1.82) is 0 Å². The number of hydrogen-bond acceptors (Lipinski definition) is 6. The molecule has 0 radical (unpaired) electrons. The quantitative estimate of drug-likeness (QED) is 0.485. The van der Waals surface area contributed by atoms with Gasteiger partial charge in [0.2, 0.25) is 11.8 Å². The summed E-state index contributed by atoms with van der Waals surface area (Å²) in [5.41, 5.74) is 2.08. The van der Waals surface area contributed by atoms with Crippen molar-refractivity contribution in [2.24, 2.45) is 0 Å². The van der Waals surface area contributed by atoms with Crippen LogP contribution in [0, 0.1) is 0 Å². The molecule has 0 atom stereocenters. The SMILES string of the molecule is CC(=O)Nc1ccc2nc(NC(=O)/C=C/c3c(Cl)nc4sccn34)sc2c1. The molecule has 4 rings (SSSR count). The molecule has 136 valence electrons. The van der Waals surface area contributed by atoms with Gasteiger partial charge in [-0.25, -0.2) is 9.97 Å². The minimum Gasteiger partial charge on any atom is -0.326 e. The number of rotatable bonds is 4. The van der Waals surface area contributed by atoms with E-state index in [1.165, 1.54) is 35.7 Å². The lowest BCUT2D eigenvalue weighted by Crippen LogP contribution is -2.07. The summed E-state index contributed by atoms with van der Waals surface area (Å²) < 4.78 is 2.68. The van der Waals surface area contributed by atoms with Gasteiger partial charge in [0.05, 0.1) is 15.9 Å². The molecule has 0 aliphatic heterocycles. The maximum absolute atomic E-state index is 12.2. The molecule has 2 N–H and O–H groups in total. The Balaban J connectivity index is 1.51. The van der Waals surface area contributed by atoms with Crippen LogP contribution >= 0.6 is 34.3 Å². The normalized spacial score (nSPS) is 11.5. The van der Waals surface area contributed by atoms with Gasteiger partial charge in [0, 0.05) is 30.3 Å². The van der Waals surface area contributed by atoms with Crippen LogP contribution in [-0.2, 0) is 9.59 Å². The molecule has 0 saturated heterocycles. The van der Waals surface area contributed by atoms with E-state index in [-0.39, 0.29) is 11.8 Å². The van der Waals surface area contributed by atoms with Crippen molar-refractivity contribution in [2.45, 2.75) is 6.92 Å². The molecule has 0 fully saturated rings. The molecule has 0 bridgehead atoms. The van der Waals surface area contributed by atoms with Crippen molar-refractivity contribution in [2.75, 3.05) is 10.6 Å². The van der Waals surface area contributed by atoms with Crippen molar-refractivity contribution in [3.63, 3.8) is 0 Å². The Morgan fingerprint density at radius 1 is 1.26 bits per heavy atom. The predicted octanol–water partition coefficient (Wildman–Crippen LogP) is 4.27. The summed E-state index contributed by atoms with van der Waals surface area (Å²) in [7, 11) is 0. The van der Waals surface area contributed by atoms with Crippen LogP contribution in [0.25, 0.3) is 21.3 Å². The van der Waals surface area contributed by atoms with Crippen molar-refractivity contribution in [3.05, 3.63) is 46.7 Å². The minimum atomic E-state index is -0.322. The van der Waals surface area contributed by atoms with Crippen LogP contribution in [0.2, 0.25) is 5.15 Å². The average Bonchev–Trinajstić information content (AvgIpc) is 3.26. The van der Waals surface area contributed by atoms with Crippen LogP contribution in [0.1, 0.15) is 12.6 Å². The molecule has 3 heterocycles. The third kappa shape index (κ3) is 3.70. The maximum atomic E-state index is 12.2. The lowest BCUT2D eigenvalue weighted by atomic mass is 10.3. The van der Waals surface area contributed by atoms with Crippen molar-refractivity contribution in [3.8, 4) is 0 Å². The second kappa shape index (κ2) is 7.10. The molecular formula is C17H12ClN5O2S2. The number of carbonyl (C=O) groups is 2. The van der Waals surface area contributed by atoms with Crippen LogP contribution in [0.4, 0.5) is 10.8 Å². The van der Waals surface area contributed by atoms with E-state index in [4.69, 9.17) is 11.6 Å². The molecule has 0 aliphatic rings. The van der Waals surface area contributed by atoms with Crippen LogP contribution in [0.15, 0.2) is 35.9 Å². The monoisotopic (exact) mass is 417 g/mol. The first-order valence-electron chi connectivity index (χ1n) is 7.78. The van der Waals surface area contributed by atoms with Crippen molar-refractivity contribution in [1.82, 2.24) is 14.4 Å². The van der Waals surface area contributed by atoms with E-state index >= 15 is 0 Å². The van der Waals surface area contributed by atoms with Gasteiger partial charge in [-0.15, -0.1) is 11.3 Å². The molecule has 4 aromatic rings. The Morgan fingerprint density at radius 2 is 2.11 bits per heavy atom. The molecule has 1 aromatic carbocycles. The van der Waals surface area contributed by atoms with E-state index in [1.807, 2.05) is 22.0 Å². The van der Waals surface area contributed by atoms with E-state index < -0.39 is 0 Å². The summed E-state index contributed by atoms with van der Waals surface area (Å²) in [6.07, 6.45) is 4.85. The summed E-state index contributed by atoms with van der Waals surface area (Å²) in [5, 5.41) is 8.17. The largest absolute Gasteiger partial charge is 0.326 e. The number of nitrogens with one attached hydrogen (secondary N) is 2. The third-order valence-corrected chi connectivity index (χ3v) is 5.55. The molecule has 3 aromatic heterocycles. The summed E-state index contributed by atoms with van der Waals surface area (Å²) in [5.74, 6) is -0.465. The Labute approximate surface area is 166 Å². The van der Waals surface area contributed by atoms with Gasteiger partial charge in [-0.1, -0.05) is 22.9 Å². The average molecular weight is 418 g/mol. The molecule has 2 amide bonds. The minimum absolute atomic E-state index is 0.143. The zero-order valence-corrected chi connectivity index (χ0v) is 16.3. The van der Waals surface area contributed by atoms with Crippen LogP contribution in [-0.4, -0.2) is 26.2 Å². The van der Waals surface area contributed by atoms with Gasteiger partial charge in [0.1, 0.15) is 0 Å². The number of nitrogens with zero attached hydrogens (tertiary/aromatic N) is 3. The number of imidazole rings is 1. The lowest BCUT2D eigenvalue weighted by molar-refractivity contribution is -0.114. The molecule has 7 nitrogen and oxygen atoms in total. The molecular weight excluding hydrogens is 406 g/mol. The summed E-state index contributed by atoms with van der Waals surface area (Å²) >= 11 is 8.90. The number of amides is 2. The zero-order valence-electron chi connectivity index (χ0n) is 13.9. The van der Waals surface area contributed by atoms with Gasteiger partial charge >= 0.3 is 0 Å². The second-order valence-electron chi connectivity index (χ2n) is 5.55. The second-order valence-corrected chi connectivity index (χ2v) is 7.81. The first-order valence-corrected chi connectivity index (χ1v) is 9.85. The van der Waals surface area contributed by atoms with Gasteiger partial charge < -0.3 is 5.32 Å². The Hall–Kier alpha value is -2.75. The topological polar surface area (TPSA) is 88.4 Å². The number of aromatic nitrogens is 3. The summed E-state index contributed by atoms with van der Waals surface area (Å²) in [6, 6.07) is 5.38. The standard InChI is InChI=1S/C17H12ClN5O2S2/c1-9(24)19-10-2-3-11-13(8-10)27-16(20-11)21-14(25)5-4-12-15(18)22-17-23(12)6-7-26-17/h2-8H,1H3,(H,19,24)(H,20,21,25)/b5-4+. The highest BCUT2D eigenvalue weighted by molar-refractivity contribution is 7.22. The van der Waals surface area contributed by atoms with Crippen LogP contribution in [0.3, 0.4) is 0 Å². The lowest BCUT2D eigenvalue weighted by Gasteiger charge is -1.99. The Kier molecular flexibility index (Phi) is 4.65. The Morgan fingerprint density at radius 3 is 2.93 bits per heavy atom. The zero-order chi connectivity index (χ0) is 19.0. The fourth-order valence-electron chi connectivity index (χ4n) is 2.49. The highest BCUT2D eigenvalue weighted by Crippen LogP contribution is 2.28. The van der Waals surface area contributed by atoms with Crippen LogP contribution in [0.5, 0.6) is 0 Å². The van der Waals surface area contributed by atoms with Gasteiger partial charge in [-0.05, 0) is 24.3 Å². The van der Waals surface area contributed by atoms with E-state index in [0.29, 0.717) is 21.7 Å². The predicted molar refractivity (Wildman–Crippen MR) is 110 cm³/mol. The van der Waals surface area contributed by atoms with E-state index in [2.05, 4.69) is 20.6 Å². The molecule has 0 unspecified atom stereocenters. The molecule has 0 saturated carbocycles. The highest BCUT2D eigenvalue weighted by Gasteiger charge is 2.10. The number of hydrogen-bond donors (Lipinski definition) is 2. The van der Waals surface area contributed by atoms with Gasteiger partial charge in [-0.3, -0.25) is 19.3 Å². The summed E-state index contributed by atoms with van der Waals surface area (Å²) in [6.45, 7) is 1.45.